The minimum absolute atomic E-state index is 0.136. The second kappa shape index (κ2) is 10.6. The van der Waals surface area contributed by atoms with Gasteiger partial charge in [-0.25, -0.2) is 8.42 Å². The highest BCUT2D eigenvalue weighted by atomic mass is 32.2. The van der Waals surface area contributed by atoms with Crippen molar-refractivity contribution in [1.29, 1.82) is 0 Å². The molecule has 3 rings (SSSR count). The van der Waals surface area contributed by atoms with E-state index in [2.05, 4.69) is 10.0 Å². The van der Waals surface area contributed by atoms with Crippen molar-refractivity contribution in [2.24, 2.45) is 0 Å². The Kier molecular flexibility index (Phi) is 7.83. The zero-order chi connectivity index (χ0) is 23.1. The second-order valence-corrected chi connectivity index (χ2v) is 9.54. The lowest BCUT2D eigenvalue weighted by molar-refractivity contribution is -0.117. The van der Waals surface area contributed by atoms with E-state index >= 15 is 0 Å². The van der Waals surface area contributed by atoms with E-state index in [1.807, 2.05) is 69.3 Å². The van der Waals surface area contributed by atoms with Crippen molar-refractivity contribution >= 4 is 21.6 Å². The first kappa shape index (κ1) is 23.7. The standard InChI is InChI=1S/C26H30N2O3S/c1-4-21-12-9-13-22(5-2)25(21)27-26(29)24(18-20-10-7-6-8-11-20)28-32(30,31)23-16-14-19(3)15-17-23/h6-17,24,28H,4-5,18H2,1-3H3,(H,27,29)/t24-/m0/s1. The monoisotopic (exact) mass is 450 g/mol. The van der Waals surface area contributed by atoms with Crippen molar-refractivity contribution in [2.75, 3.05) is 5.32 Å². The number of nitrogens with one attached hydrogen (secondary N) is 2. The molecule has 0 saturated carbocycles. The third-order valence-corrected chi connectivity index (χ3v) is 6.96. The molecule has 3 aromatic rings. The van der Waals surface area contributed by atoms with E-state index in [4.69, 9.17) is 0 Å². The van der Waals surface area contributed by atoms with Gasteiger partial charge in [0.25, 0.3) is 0 Å². The number of carbonyl (C=O) groups excluding carboxylic acids is 1. The SMILES string of the molecule is CCc1cccc(CC)c1NC(=O)[C@H](Cc1ccccc1)NS(=O)(=O)c1ccc(C)cc1. The number of anilines is 1. The summed E-state index contributed by atoms with van der Waals surface area (Å²) in [4.78, 5) is 13.5. The molecule has 5 nitrogen and oxygen atoms in total. The van der Waals surface area contributed by atoms with Gasteiger partial charge in [0.15, 0.2) is 0 Å². The Morgan fingerprint density at radius 2 is 1.44 bits per heavy atom. The Bertz CT molecular complexity index is 1140. The summed E-state index contributed by atoms with van der Waals surface area (Å²) in [5.41, 5.74) is 4.66. The Labute approximate surface area is 190 Å². The quantitative estimate of drug-likeness (QED) is 0.498. The molecule has 0 heterocycles. The van der Waals surface area contributed by atoms with Crippen LogP contribution in [0.1, 0.15) is 36.1 Å². The molecule has 32 heavy (non-hydrogen) atoms. The van der Waals surface area contributed by atoms with E-state index in [0.717, 1.165) is 40.8 Å². The van der Waals surface area contributed by atoms with Gasteiger partial charge in [0, 0.05) is 5.69 Å². The number of amides is 1. The normalized spacial score (nSPS) is 12.3. The summed E-state index contributed by atoms with van der Waals surface area (Å²) in [6.07, 6.45) is 1.78. The maximum Gasteiger partial charge on any atom is 0.242 e. The van der Waals surface area contributed by atoms with Crippen molar-refractivity contribution < 1.29 is 13.2 Å². The molecule has 0 unspecified atom stereocenters. The summed E-state index contributed by atoms with van der Waals surface area (Å²) in [5.74, 6) is -0.375. The summed E-state index contributed by atoms with van der Waals surface area (Å²) in [5, 5.41) is 3.02. The topological polar surface area (TPSA) is 75.3 Å². The van der Waals surface area contributed by atoms with Crippen LogP contribution in [0.4, 0.5) is 5.69 Å². The van der Waals surface area contributed by atoms with E-state index in [-0.39, 0.29) is 17.2 Å². The third kappa shape index (κ3) is 5.84. The highest BCUT2D eigenvalue weighted by Crippen LogP contribution is 2.23. The van der Waals surface area contributed by atoms with E-state index in [1.54, 1.807) is 24.3 Å². The number of benzene rings is 3. The average molecular weight is 451 g/mol. The largest absolute Gasteiger partial charge is 0.324 e. The minimum atomic E-state index is -3.88. The van der Waals surface area contributed by atoms with Crippen LogP contribution < -0.4 is 10.0 Å². The zero-order valence-corrected chi connectivity index (χ0v) is 19.6. The number of para-hydroxylation sites is 1. The minimum Gasteiger partial charge on any atom is -0.324 e. The molecule has 0 bridgehead atoms. The molecular formula is C26H30N2O3S. The second-order valence-electron chi connectivity index (χ2n) is 7.82. The van der Waals surface area contributed by atoms with E-state index in [1.165, 1.54) is 0 Å². The highest BCUT2D eigenvalue weighted by molar-refractivity contribution is 7.89. The molecule has 168 valence electrons. The molecule has 3 aromatic carbocycles. The molecule has 0 saturated heterocycles. The number of hydrogen-bond acceptors (Lipinski definition) is 3. The number of carbonyl (C=O) groups is 1. The van der Waals surface area contributed by atoms with Gasteiger partial charge in [-0.05, 0) is 55.0 Å². The van der Waals surface area contributed by atoms with Crippen LogP contribution >= 0.6 is 0 Å². The van der Waals surface area contributed by atoms with Gasteiger partial charge in [-0.1, -0.05) is 80.1 Å². The van der Waals surface area contributed by atoms with Gasteiger partial charge in [-0.15, -0.1) is 0 Å². The zero-order valence-electron chi connectivity index (χ0n) is 18.8. The van der Waals surface area contributed by atoms with Gasteiger partial charge in [-0.3, -0.25) is 4.79 Å². The van der Waals surface area contributed by atoms with Gasteiger partial charge in [0.2, 0.25) is 15.9 Å². The Morgan fingerprint density at radius 1 is 0.844 bits per heavy atom. The van der Waals surface area contributed by atoms with Crippen molar-refractivity contribution in [3.8, 4) is 0 Å². The maximum atomic E-state index is 13.4. The maximum absolute atomic E-state index is 13.4. The first-order valence-corrected chi connectivity index (χ1v) is 12.4. The predicted octanol–water partition coefficient (Wildman–Crippen LogP) is 4.65. The first-order chi connectivity index (χ1) is 15.3. The Balaban J connectivity index is 1.92. The summed E-state index contributed by atoms with van der Waals surface area (Å²) in [6, 6.07) is 21.0. The number of hydrogen-bond donors (Lipinski definition) is 2. The third-order valence-electron chi connectivity index (χ3n) is 5.47. The lowest BCUT2D eigenvalue weighted by Crippen LogP contribution is -2.45. The molecular weight excluding hydrogens is 420 g/mol. The van der Waals surface area contributed by atoms with Crippen molar-refractivity contribution in [2.45, 2.75) is 51.0 Å². The fourth-order valence-corrected chi connectivity index (χ4v) is 4.82. The van der Waals surface area contributed by atoms with Gasteiger partial charge >= 0.3 is 0 Å². The molecule has 1 amide bonds. The smallest absolute Gasteiger partial charge is 0.242 e. The molecule has 0 fully saturated rings. The van der Waals surface area contributed by atoms with Gasteiger partial charge in [0.05, 0.1) is 4.90 Å². The Morgan fingerprint density at radius 3 is 2.00 bits per heavy atom. The van der Waals surface area contributed by atoms with Gasteiger partial charge in [0.1, 0.15) is 6.04 Å². The van der Waals surface area contributed by atoms with Crippen LogP contribution in [-0.2, 0) is 34.1 Å². The molecule has 2 N–H and O–H groups in total. The molecule has 0 aliphatic rings. The van der Waals surface area contributed by atoms with Crippen LogP contribution in [0.2, 0.25) is 0 Å². The number of sulfonamides is 1. The summed E-state index contributed by atoms with van der Waals surface area (Å²) in [7, 11) is -3.88. The Hall–Kier alpha value is -2.96. The number of aryl methyl sites for hydroxylation is 3. The van der Waals surface area contributed by atoms with Crippen LogP contribution in [0.15, 0.2) is 77.7 Å². The molecule has 6 heteroatoms. The van der Waals surface area contributed by atoms with Gasteiger partial charge < -0.3 is 5.32 Å². The van der Waals surface area contributed by atoms with Crippen LogP contribution in [-0.4, -0.2) is 20.4 Å². The molecule has 0 aliphatic carbocycles. The fraction of sp³-hybridized carbons (Fsp3) is 0.269. The molecule has 0 aromatic heterocycles. The molecule has 0 radical (unpaired) electrons. The summed E-state index contributed by atoms with van der Waals surface area (Å²) >= 11 is 0. The molecule has 1 atom stereocenters. The average Bonchev–Trinajstić information content (AvgIpc) is 2.79. The summed E-state index contributed by atoms with van der Waals surface area (Å²) < 4.78 is 28.7. The molecule has 0 aliphatic heterocycles. The van der Waals surface area contributed by atoms with E-state index < -0.39 is 16.1 Å². The van der Waals surface area contributed by atoms with Crippen molar-refractivity contribution in [3.05, 3.63) is 95.1 Å². The highest BCUT2D eigenvalue weighted by Gasteiger charge is 2.27. The van der Waals surface area contributed by atoms with Crippen LogP contribution in [0.25, 0.3) is 0 Å². The fourth-order valence-electron chi connectivity index (χ4n) is 3.62. The van der Waals surface area contributed by atoms with Crippen LogP contribution in [0, 0.1) is 6.92 Å². The number of rotatable bonds is 9. The van der Waals surface area contributed by atoms with Gasteiger partial charge in [-0.2, -0.15) is 4.72 Å². The summed E-state index contributed by atoms with van der Waals surface area (Å²) in [6.45, 7) is 5.96. The predicted molar refractivity (Wildman–Crippen MR) is 129 cm³/mol. The molecule has 0 spiro atoms. The van der Waals surface area contributed by atoms with Crippen molar-refractivity contribution in [3.63, 3.8) is 0 Å². The lowest BCUT2D eigenvalue weighted by atomic mass is 10.0. The van der Waals surface area contributed by atoms with E-state index in [0.29, 0.717) is 0 Å². The van der Waals surface area contributed by atoms with E-state index in [9.17, 15) is 13.2 Å². The van der Waals surface area contributed by atoms with Crippen LogP contribution in [0.5, 0.6) is 0 Å². The van der Waals surface area contributed by atoms with Crippen molar-refractivity contribution in [1.82, 2.24) is 4.72 Å². The lowest BCUT2D eigenvalue weighted by Gasteiger charge is -2.21. The first-order valence-electron chi connectivity index (χ1n) is 10.9. The van der Waals surface area contributed by atoms with Crippen LogP contribution in [0.3, 0.4) is 0 Å².